The molecule has 0 aliphatic heterocycles. The molecule has 0 unspecified atom stereocenters. The summed E-state index contributed by atoms with van der Waals surface area (Å²) in [5, 5.41) is 22.9. The first-order valence-electron chi connectivity index (χ1n) is 11.1. The van der Waals surface area contributed by atoms with Crippen molar-refractivity contribution >= 4 is 56.5 Å². The van der Waals surface area contributed by atoms with Crippen LogP contribution in [0.5, 0.6) is 11.5 Å². The first-order chi connectivity index (χ1) is 18.1. The Balaban J connectivity index is 1.24. The zero-order chi connectivity index (χ0) is 25.6. The van der Waals surface area contributed by atoms with Crippen molar-refractivity contribution in [2.45, 2.75) is 4.34 Å². The van der Waals surface area contributed by atoms with Crippen molar-refractivity contribution in [3.05, 3.63) is 90.4 Å². The Morgan fingerprint density at radius 2 is 1.73 bits per heavy atom. The molecule has 9 nitrogen and oxygen atoms in total. The number of H-pyrrole nitrogens is 1. The number of aliphatic hydroxyl groups excluding tert-OH is 1. The Labute approximate surface area is 220 Å². The number of benzene rings is 3. The lowest BCUT2D eigenvalue weighted by Gasteiger charge is -2.07. The maximum Gasteiger partial charge on any atom is 0.345 e. The summed E-state index contributed by atoms with van der Waals surface area (Å²) in [7, 11) is 1.26. The number of para-hydroxylation sites is 3. The molecule has 3 aromatic carbocycles. The highest BCUT2D eigenvalue weighted by Crippen LogP contribution is 2.31. The molecule has 0 amide bonds. The molecular weight excluding hydrogens is 510 g/mol. The molecule has 5 rings (SSSR count). The van der Waals surface area contributed by atoms with E-state index in [1.807, 2.05) is 78.9 Å². The Bertz CT molecular complexity index is 1520. The SMILES string of the molecule is COC(=O)/C(=C(/O)CSc1nnc(Nc2ccc(Oc3ccccc3)cc2)s1)c1nc2ccccc2[nH]1. The molecule has 0 saturated heterocycles. The highest BCUT2D eigenvalue weighted by molar-refractivity contribution is 8.01. The van der Waals surface area contributed by atoms with Gasteiger partial charge in [0, 0.05) is 5.69 Å². The Kier molecular flexibility index (Phi) is 7.33. The summed E-state index contributed by atoms with van der Waals surface area (Å²) in [4.78, 5) is 19.9. The maximum absolute atomic E-state index is 12.4. The molecule has 0 atom stereocenters. The summed E-state index contributed by atoms with van der Waals surface area (Å²) in [6, 6.07) is 24.4. The molecule has 11 heteroatoms. The fourth-order valence-corrected chi connectivity index (χ4v) is 5.05. The van der Waals surface area contributed by atoms with Gasteiger partial charge in [-0.1, -0.05) is 53.4 Å². The minimum atomic E-state index is -0.684. The number of hydrogen-bond donors (Lipinski definition) is 3. The van der Waals surface area contributed by atoms with Gasteiger partial charge < -0.3 is 24.9 Å². The molecule has 37 heavy (non-hydrogen) atoms. The number of anilines is 2. The van der Waals surface area contributed by atoms with E-state index in [4.69, 9.17) is 9.47 Å². The summed E-state index contributed by atoms with van der Waals surface area (Å²) in [6.07, 6.45) is 0. The molecule has 2 aromatic heterocycles. The maximum atomic E-state index is 12.4. The molecule has 0 aliphatic carbocycles. The van der Waals surface area contributed by atoms with Crippen molar-refractivity contribution in [2.75, 3.05) is 18.2 Å². The van der Waals surface area contributed by atoms with Crippen molar-refractivity contribution in [1.29, 1.82) is 0 Å². The standard InChI is InChI=1S/C26H21N5O4S2/c1-34-24(33)22(23-28-19-9-5-6-10-20(19)29-23)21(32)15-36-26-31-30-25(37-26)27-16-11-13-18(14-12-16)35-17-7-3-2-4-8-17/h2-14,32H,15H2,1H3,(H,27,30)(H,28,29)/b22-21+. The smallest absolute Gasteiger partial charge is 0.345 e. The largest absolute Gasteiger partial charge is 0.510 e. The number of hydrogen-bond acceptors (Lipinski definition) is 10. The molecule has 0 aliphatic rings. The van der Waals surface area contributed by atoms with Crippen molar-refractivity contribution < 1.29 is 19.4 Å². The van der Waals surface area contributed by atoms with Crippen molar-refractivity contribution in [2.24, 2.45) is 0 Å². The second kappa shape index (κ2) is 11.1. The third-order valence-corrected chi connectivity index (χ3v) is 7.11. The van der Waals surface area contributed by atoms with E-state index >= 15 is 0 Å². The van der Waals surface area contributed by atoms with Gasteiger partial charge in [-0.2, -0.15) is 0 Å². The van der Waals surface area contributed by atoms with Crippen LogP contribution >= 0.6 is 23.1 Å². The van der Waals surface area contributed by atoms with E-state index in [2.05, 4.69) is 25.5 Å². The van der Waals surface area contributed by atoms with E-state index < -0.39 is 5.97 Å². The van der Waals surface area contributed by atoms with Gasteiger partial charge in [-0.25, -0.2) is 9.78 Å². The fraction of sp³-hybridized carbons (Fsp3) is 0.0769. The van der Waals surface area contributed by atoms with Gasteiger partial charge in [-0.15, -0.1) is 10.2 Å². The van der Waals surface area contributed by atoms with E-state index in [9.17, 15) is 9.90 Å². The number of thioether (sulfide) groups is 1. The summed E-state index contributed by atoms with van der Waals surface area (Å²) >= 11 is 2.58. The molecule has 186 valence electrons. The lowest BCUT2D eigenvalue weighted by atomic mass is 10.2. The number of nitrogens with one attached hydrogen (secondary N) is 2. The first-order valence-corrected chi connectivity index (χ1v) is 12.9. The normalized spacial score (nSPS) is 11.7. The number of aromatic amines is 1. The lowest BCUT2D eigenvalue weighted by Crippen LogP contribution is -2.09. The van der Waals surface area contributed by atoms with Crippen LogP contribution in [0.1, 0.15) is 5.82 Å². The zero-order valence-corrected chi connectivity index (χ0v) is 21.2. The molecule has 2 heterocycles. The fourth-order valence-electron chi connectivity index (χ4n) is 3.40. The number of aliphatic hydroxyl groups is 1. The number of imidazole rings is 1. The van der Waals surface area contributed by atoms with Gasteiger partial charge in [0.05, 0.1) is 23.9 Å². The van der Waals surface area contributed by atoms with Crippen LogP contribution in [0.25, 0.3) is 16.6 Å². The number of rotatable bonds is 9. The number of carbonyl (C=O) groups excluding carboxylic acids is 1. The quantitative estimate of drug-likeness (QED) is 0.0885. The van der Waals surface area contributed by atoms with Crippen LogP contribution in [-0.4, -0.2) is 44.1 Å². The van der Waals surface area contributed by atoms with Crippen molar-refractivity contribution in [1.82, 2.24) is 20.2 Å². The predicted molar refractivity (Wildman–Crippen MR) is 145 cm³/mol. The second-order valence-corrected chi connectivity index (χ2v) is 9.84. The van der Waals surface area contributed by atoms with Crippen LogP contribution in [0.4, 0.5) is 10.8 Å². The number of carbonyl (C=O) groups is 1. The predicted octanol–water partition coefficient (Wildman–Crippen LogP) is 6.18. The van der Waals surface area contributed by atoms with Crippen LogP contribution in [0, 0.1) is 0 Å². The van der Waals surface area contributed by atoms with Crippen LogP contribution in [0.15, 0.2) is 89.0 Å². The molecule has 0 saturated carbocycles. The van der Waals surface area contributed by atoms with Gasteiger partial charge in [0.2, 0.25) is 5.13 Å². The third-order valence-electron chi connectivity index (χ3n) is 5.13. The topological polar surface area (TPSA) is 122 Å². The van der Waals surface area contributed by atoms with Gasteiger partial charge in [-0.05, 0) is 48.5 Å². The minimum Gasteiger partial charge on any atom is -0.510 e. The minimum absolute atomic E-state index is 0.0214. The molecule has 5 aromatic rings. The van der Waals surface area contributed by atoms with Gasteiger partial charge in [0.15, 0.2) is 4.34 Å². The first kappa shape index (κ1) is 24.3. The van der Waals surface area contributed by atoms with Gasteiger partial charge in [0.25, 0.3) is 0 Å². The number of aromatic nitrogens is 4. The van der Waals surface area contributed by atoms with E-state index in [0.29, 0.717) is 15.0 Å². The average Bonchev–Trinajstić information content (AvgIpc) is 3.56. The third kappa shape index (κ3) is 5.90. The molecule has 0 spiro atoms. The summed E-state index contributed by atoms with van der Waals surface area (Å²) in [5.74, 6) is 0.957. The Morgan fingerprint density at radius 3 is 2.49 bits per heavy atom. The van der Waals surface area contributed by atoms with E-state index in [1.165, 1.54) is 30.2 Å². The van der Waals surface area contributed by atoms with Crippen LogP contribution in [-0.2, 0) is 9.53 Å². The van der Waals surface area contributed by atoms with Gasteiger partial charge in [-0.3, -0.25) is 0 Å². The monoisotopic (exact) mass is 531 g/mol. The number of esters is 1. The number of methoxy groups -OCH3 is 1. The summed E-state index contributed by atoms with van der Waals surface area (Å²) in [6.45, 7) is 0. The highest BCUT2D eigenvalue weighted by atomic mass is 32.2. The van der Waals surface area contributed by atoms with Gasteiger partial charge >= 0.3 is 5.97 Å². The lowest BCUT2D eigenvalue weighted by molar-refractivity contribution is -0.133. The highest BCUT2D eigenvalue weighted by Gasteiger charge is 2.22. The molecule has 0 bridgehead atoms. The van der Waals surface area contributed by atoms with Gasteiger partial charge in [0.1, 0.15) is 28.7 Å². The van der Waals surface area contributed by atoms with E-state index in [0.717, 1.165) is 22.7 Å². The number of nitrogens with zero attached hydrogens (tertiary/aromatic N) is 3. The average molecular weight is 532 g/mol. The van der Waals surface area contributed by atoms with E-state index in [-0.39, 0.29) is 22.9 Å². The Hall–Kier alpha value is -4.35. The zero-order valence-electron chi connectivity index (χ0n) is 19.5. The van der Waals surface area contributed by atoms with E-state index in [1.54, 1.807) is 0 Å². The van der Waals surface area contributed by atoms with Crippen molar-refractivity contribution in [3.8, 4) is 11.5 Å². The molecule has 0 fully saturated rings. The van der Waals surface area contributed by atoms with Crippen molar-refractivity contribution in [3.63, 3.8) is 0 Å². The second-order valence-electron chi connectivity index (χ2n) is 7.64. The summed E-state index contributed by atoms with van der Waals surface area (Å²) < 4.78 is 11.3. The van der Waals surface area contributed by atoms with Crippen LogP contribution in [0.3, 0.4) is 0 Å². The van der Waals surface area contributed by atoms with Crippen LogP contribution < -0.4 is 10.1 Å². The number of ether oxygens (including phenoxy) is 2. The Morgan fingerprint density at radius 1 is 1.00 bits per heavy atom. The molecule has 0 radical (unpaired) electrons. The molecular formula is C26H21N5O4S2. The summed E-state index contributed by atoms with van der Waals surface area (Å²) in [5.41, 5.74) is 2.23. The number of fused-ring (bicyclic) bond motifs is 1. The van der Waals surface area contributed by atoms with Crippen LogP contribution in [0.2, 0.25) is 0 Å². The molecule has 3 N–H and O–H groups in total.